The Hall–Kier alpha value is -1.75. The van der Waals surface area contributed by atoms with Crippen LogP contribution in [0.4, 0.5) is 4.39 Å². The van der Waals surface area contributed by atoms with Gasteiger partial charge < -0.3 is 5.32 Å². The first-order valence-corrected chi connectivity index (χ1v) is 7.46. The third-order valence-corrected chi connectivity index (χ3v) is 3.53. The van der Waals surface area contributed by atoms with Crippen LogP contribution in [0.2, 0.25) is 0 Å². The average Bonchev–Trinajstić information content (AvgIpc) is 2.91. The van der Waals surface area contributed by atoms with E-state index in [2.05, 4.69) is 36.2 Å². The largest absolute Gasteiger partial charge is 0.316 e. The zero-order valence-corrected chi connectivity index (χ0v) is 12.9. The van der Waals surface area contributed by atoms with Gasteiger partial charge in [-0.25, -0.2) is 14.1 Å². The Morgan fingerprint density at radius 2 is 2.14 bits per heavy atom. The lowest BCUT2D eigenvalue weighted by Crippen LogP contribution is -2.24. The predicted molar refractivity (Wildman–Crippen MR) is 81.8 cm³/mol. The van der Waals surface area contributed by atoms with Crippen LogP contribution in [0.1, 0.15) is 44.1 Å². The summed E-state index contributed by atoms with van der Waals surface area (Å²) >= 11 is 0. The standard InChI is InChI=1S/C16H23FN4/c1-4-18-10-14(13-6-5-7-15(17)8-13)9-16-19-11-20-21(16)12(2)3/h5-8,11-12,14,18H,4,9-10H2,1-3H3. The number of nitrogens with one attached hydrogen (secondary N) is 1. The van der Waals surface area contributed by atoms with E-state index in [0.29, 0.717) is 0 Å². The van der Waals surface area contributed by atoms with Gasteiger partial charge in [0.1, 0.15) is 18.0 Å². The molecule has 0 saturated heterocycles. The van der Waals surface area contributed by atoms with E-state index in [4.69, 9.17) is 0 Å². The summed E-state index contributed by atoms with van der Waals surface area (Å²) in [5.41, 5.74) is 0.995. The normalized spacial score (nSPS) is 12.8. The number of hydrogen-bond donors (Lipinski definition) is 1. The minimum Gasteiger partial charge on any atom is -0.316 e. The summed E-state index contributed by atoms with van der Waals surface area (Å²) in [4.78, 5) is 4.36. The first-order valence-electron chi connectivity index (χ1n) is 7.46. The fraction of sp³-hybridized carbons (Fsp3) is 0.500. The molecule has 1 aromatic carbocycles. The van der Waals surface area contributed by atoms with Gasteiger partial charge in [0.15, 0.2) is 0 Å². The molecule has 21 heavy (non-hydrogen) atoms. The van der Waals surface area contributed by atoms with Gasteiger partial charge in [-0.05, 0) is 38.1 Å². The molecule has 0 aliphatic rings. The summed E-state index contributed by atoms with van der Waals surface area (Å²) < 4.78 is 15.4. The van der Waals surface area contributed by atoms with Crippen molar-refractivity contribution in [3.8, 4) is 0 Å². The highest BCUT2D eigenvalue weighted by molar-refractivity contribution is 5.22. The van der Waals surface area contributed by atoms with Crippen molar-refractivity contribution in [1.82, 2.24) is 20.1 Å². The molecule has 0 fully saturated rings. The third-order valence-electron chi connectivity index (χ3n) is 3.53. The summed E-state index contributed by atoms with van der Waals surface area (Å²) in [7, 11) is 0. The molecule has 2 aromatic rings. The predicted octanol–water partition coefficient (Wildman–Crippen LogP) is 2.93. The highest BCUT2D eigenvalue weighted by Crippen LogP contribution is 2.21. The first kappa shape index (κ1) is 15.6. The van der Waals surface area contributed by atoms with Crippen molar-refractivity contribution in [3.63, 3.8) is 0 Å². The SMILES string of the molecule is CCNCC(Cc1ncnn1C(C)C)c1cccc(F)c1. The summed E-state index contributed by atoms with van der Waals surface area (Å²) in [5, 5.41) is 7.62. The maximum absolute atomic E-state index is 13.5. The van der Waals surface area contributed by atoms with Gasteiger partial charge in [-0.2, -0.15) is 5.10 Å². The molecule has 1 unspecified atom stereocenters. The van der Waals surface area contributed by atoms with Crippen molar-refractivity contribution >= 4 is 0 Å². The van der Waals surface area contributed by atoms with Gasteiger partial charge >= 0.3 is 0 Å². The lowest BCUT2D eigenvalue weighted by molar-refractivity contribution is 0.483. The Labute approximate surface area is 125 Å². The van der Waals surface area contributed by atoms with Crippen molar-refractivity contribution in [3.05, 3.63) is 47.8 Å². The zero-order chi connectivity index (χ0) is 15.2. The molecule has 1 N–H and O–H groups in total. The number of rotatable bonds is 7. The molecule has 1 heterocycles. The molecule has 1 atom stereocenters. The van der Waals surface area contributed by atoms with Crippen LogP contribution in [0.3, 0.4) is 0 Å². The van der Waals surface area contributed by atoms with E-state index < -0.39 is 0 Å². The van der Waals surface area contributed by atoms with E-state index in [9.17, 15) is 4.39 Å². The number of halogens is 1. The van der Waals surface area contributed by atoms with Gasteiger partial charge in [0, 0.05) is 24.9 Å². The second kappa shape index (κ2) is 7.31. The zero-order valence-electron chi connectivity index (χ0n) is 12.9. The van der Waals surface area contributed by atoms with Crippen LogP contribution in [-0.4, -0.2) is 27.9 Å². The summed E-state index contributed by atoms with van der Waals surface area (Å²) in [6, 6.07) is 7.09. The fourth-order valence-electron chi connectivity index (χ4n) is 2.46. The molecule has 0 bridgehead atoms. The smallest absolute Gasteiger partial charge is 0.138 e. The van der Waals surface area contributed by atoms with Crippen LogP contribution in [0.5, 0.6) is 0 Å². The molecular formula is C16H23FN4. The van der Waals surface area contributed by atoms with E-state index in [-0.39, 0.29) is 17.8 Å². The van der Waals surface area contributed by atoms with Gasteiger partial charge in [0.05, 0.1) is 0 Å². The van der Waals surface area contributed by atoms with Crippen LogP contribution in [0, 0.1) is 5.82 Å². The number of likely N-dealkylation sites (N-methyl/N-ethyl adjacent to an activating group) is 1. The van der Waals surface area contributed by atoms with E-state index >= 15 is 0 Å². The molecule has 0 aliphatic carbocycles. The minimum atomic E-state index is -0.195. The maximum atomic E-state index is 13.5. The van der Waals surface area contributed by atoms with Crippen LogP contribution in [-0.2, 0) is 6.42 Å². The molecule has 5 heteroatoms. The van der Waals surface area contributed by atoms with E-state index in [1.165, 1.54) is 6.07 Å². The Kier molecular flexibility index (Phi) is 5.44. The second-order valence-electron chi connectivity index (χ2n) is 5.48. The molecule has 0 amide bonds. The van der Waals surface area contributed by atoms with Crippen molar-refractivity contribution in [1.29, 1.82) is 0 Å². The molecule has 0 aliphatic heterocycles. The van der Waals surface area contributed by atoms with Gasteiger partial charge in [-0.15, -0.1) is 0 Å². The lowest BCUT2D eigenvalue weighted by Gasteiger charge is -2.19. The molecule has 0 saturated carbocycles. The topological polar surface area (TPSA) is 42.7 Å². The highest BCUT2D eigenvalue weighted by atomic mass is 19.1. The Morgan fingerprint density at radius 1 is 1.33 bits per heavy atom. The summed E-state index contributed by atoms with van der Waals surface area (Å²) in [6.07, 6.45) is 2.33. The molecular weight excluding hydrogens is 267 g/mol. The lowest BCUT2D eigenvalue weighted by atomic mass is 9.95. The van der Waals surface area contributed by atoms with Crippen LogP contribution >= 0.6 is 0 Å². The molecule has 2 rings (SSSR count). The number of hydrogen-bond acceptors (Lipinski definition) is 3. The molecule has 114 valence electrons. The molecule has 0 radical (unpaired) electrons. The van der Waals surface area contributed by atoms with Crippen LogP contribution in [0.25, 0.3) is 0 Å². The average molecular weight is 290 g/mol. The third kappa shape index (κ3) is 4.11. The Morgan fingerprint density at radius 3 is 2.81 bits per heavy atom. The molecule has 4 nitrogen and oxygen atoms in total. The van der Waals surface area contributed by atoms with Gasteiger partial charge in [0.25, 0.3) is 0 Å². The van der Waals surface area contributed by atoms with Crippen molar-refractivity contribution in [2.24, 2.45) is 0 Å². The van der Waals surface area contributed by atoms with E-state index in [1.807, 2.05) is 10.7 Å². The molecule has 1 aromatic heterocycles. The number of nitrogens with zero attached hydrogens (tertiary/aromatic N) is 3. The van der Waals surface area contributed by atoms with Crippen molar-refractivity contribution in [2.45, 2.75) is 39.2 Å². The van der Waals surface area contributed by atoms with Crippen molar-refractivity contribution in [2.75, 3.05) is 13.1 Å². The van der Waals surface area contributed by atoms with Gasteiger partial charge in [-0.1, -0.05) is 19.1 Å². The molecule has 0 spiro atoms. The monoisotopic (exact) mass is 290 g/mol. The van der Waals surface area contributed by atoms with E-state index in [1.54, 1.807) is 18.5 Å². The highest BCUT2D eigenvalue weighted by Gasteiger charge is 2.17. The van der Waals surface area contributed by atoms with Gasteiger partial charge in [0.2, 0.25) is 0 Å². The second-order valence-corrected chi connectivity index (χ2v) is 5.48. The number of aromatic nitrogens is 3. The van der Waals surface area contributed by atoms with E-state index in [0.717, 1.165) is 30.9 Å². The van der Waals surface area contributed by atoms with Gasteiger partial charge in [-0.3, -0.25) is 0 Å². The quantitative estimate of drug-likeness (QED) is 0.852. The minimum absolute atomic E-state index is 0.183. The van der Waals surface area contributed by atoms with Crippen LogP contribution < -0.4 is 5.32 Å². The maximum Gasteiger partial charge on any atom is 0.138 e. The summed E-state index contributed by atoms with van der Waals surface area (Å²) in [5.74, 6) is 0.929. The summed E-state index contributed by atoms with van der Waals surface area (Å²) in [6.45, 7) is 7.92. The number of benzene rings is 1. The fourth-order valence-corrected chi connectivity index (χ4v) is 2.46. The first-order chi connectivity index (χ1) is 10.1. The van der Waals surface area contributed by atoms with Crippen molar-refractivity contribution < 1.29 is 4.39 Å². The Bertz CT molecular complexity index is 565. The Balaban J connectivity index is 2.22. The van der Waals surface area contributed by atoms with Crippen LogP contribution in [0.15, 0.2) is 30.6 Å².